The Kier molecular flexibility index (Phi) is 4.06. The van der Waals surface area contributed by atoms with Gasteiger partial charge in [-0.1, -0.05) is 18.2 Å². The fourth-order valence-electron chi connectivity index (χ4n) is 3.80. The molecule has 4 rings (SSSR count). The first kappa shape index (κ1) is 15.7. The summed E-state index contributed by atoms with van der Waals surface area (Å²) in [6.07, 6.45) is 1.84. The van der Waals surface area contributed by atoms with Crippen molar-refractivity contribution < 1.29 is 18.7 Å². The number of hydrogen-bond acceptors (Lipinski definition) is 4. The molecule has 2 fully saturated rings. The van der Waals surface area contributed by atoms with E-state index in [1.54, 1.807) is 0 Å². The van der Waals surface area contributed by atoms with Crippen LogP contribution in [0.15, 0.2) is 22.6 Å². The van der Waals surface area contributed by atoms with E-state index in [-0.39, 0.29) is 18.1 Å². The first-order chi connectivity index (χ1) is 11.6. The third-order valence-corrected chi connectivity index (χ3v) is 5.13. The summed E-state index contributed by atoms with van der Waals surface area (Å²) in [4.78, 5) is 14.9. The number of ether oxygens (including phenoxy) is 2. The number of aryl methyl sites for hydroxylation is 2. The topological polar surface area (TPSA) is 51.9 Å². The standard InChI is InChI=1S/C19H23NO4/c1-12-5-3-7-15-13(2)17(24-16(12)15)18(21)20-8-4-6-14(11-20)19-22-9-10-23-19/h3,5,7,14,19H,4,6,8-11H2,1-2H3. The van der Waals surface area contributed by atoms with E-state index in [9.17, 15) is 4.79 Å². The van der Waals surface area contributed by atoms with Crippen molar-refractivity contribution in [3.8, 4) is 0 Å². The average Bonchev–Trinajstić information content (AvgIpc) is 3.24. The maximum absolute atomic E-state index is 13.0. The molecule has 0 radical (unpaired) electrons. The first-order valence-corrected chi connectivity index (χ1v) is 8.66. The van der Waals surface area contributed by atoms with Gasteiger partial charge in [-0.25, -0.2) is 0 Å². The van der Waals surface area contributed by atoms with Gasteiger partial charge in [-0.15, -0.1) is 0 Å². The van der Waals surface area contributed by atoms with Crippen LogP contribution in [0.25, 0.3) is 11.0 Å². The molecule has 0 aliphatic carbocycles. The van der Waals surface area contributed by atoms with Crippen molar-refractivity contribution in [3.05, 3.63) is 35.1 Å². The second-order valence-electron chi connectivity index (χ2n) is 6.77. The van der Waals surface area contributed by atoms with Crippen molar-refractivity contribution in [2.24, 2.45) is 5.92 Å². The molecule has 1 aromatic carbocycles. The predicted molar refractivity (Wildman–Crippen MR) is 90.0 cm³/mol. The molecule has 5 nitrogen and oxygen atoms in total. The molecule has 0 spiro atoms. The molecule has 3 heterocycles. The summed E-state index contributed by atoms with van der Waals surface area (Å²) in [5, 5.41) is 1.02. The lowest BCUT2D eigenvalue weighted by molar-refractivity contribution is -0.0970. The van der Waals surface area contributed by atoms with Crippen molar-refractivity contribution in [3.63, 3.8) is 0 Å². The van der Waals surface area contributed by atoms with Crippen LogP contribution in [0.5, 0.6) is 0 Å². The zero-order valence-corrected chi connectivity index (χ0v) is 14.2. The van der Waals surface area contributed by atoms with Crippen LogP contribution >= 0.6 is 0 Å². The number of furan rings is 1. The third-order valence-electron chi connectivity index (χ3n) is 5.13. The SMILES string of the molecule is Cc1c(C(=O)N2CCCC(C3OCCO3)C2)oc2c(C)cccc12. The molecule has 1 atom stereocenters. The molecule has 0 N–H and O–H groups in total. The molecule has 24 heavy (non-hydrogen) atoms. The number of fused-ring (bicyclic) bond motifs is 1. The van der Waals surface area contributed by atoms with Gasteiger partial charge in [-0.05, 0) is 32.3 Å². The number of piperidine rings is 1. The molecule has 128 valence electrons. The first-order valence-electron chi connectivity index (χ1n) is 8.66. The molecule has 1 aromatic heterocycles. The quantitative estimate of drug-likeness (QED) is 0.848. The minimum absolute atomic E-state index is 0.0224. The van der Waals surface area contributed by atoms with Gasteiger partial charge in [0.15, 0.2) is 12.1 Å². The average molecular weight is 329 g/mol. The summed E-state index contributed by atoms with van der Waals surface area (Å²) in [7, 11) is 0. The number of carbonyl (C=O) groups is 1. The van der Waals surface area contributed by atoms with Crippen LogP contribution in [-0.4, -0.2) is 43.4 Å². The molecule has 2 saturated heterocycles. The van der Waals surface area contributed by atoms with Crippen LogP contribution in [0.1, 0.15) is 34.5 Å². The fraction of sp³-hybridized carbons (Fsp3) is 0.526. The molecule has 1 amide bonds. The monoisotopic (exact) mass is 329 g/mol. The maximum atomic E-state index is 13.0. The summed E-state index contributed by atoms with van der Waals surface area (Å²) >= 11 is 0. The molecule has 5 heteroatoms. The molecule has 0 saturated carbocycles. The Morgan fingerprint density at radius 2 is 2.00 bits per heavy atom. The highest BCUT2D eigenvalue weighted by Gasteiger charge is 2.34. The van der Waals surface area contributed by atoms with Crippen LogP contribution in [0, 0.1) is 19.8 Å². The molecular weight excluding hydrogens is 306 g/mol. The Morgan fingerprint density at radius 3 is 2.75 bits per heavy atom. The van der Waals surface area contributed by atoms with E-state index in [2.05, 4.69) is 0 Å². The Morgan fingerprint density at radius 1 is 1.21 bits per heavy atom. The summed E-state index contributed by atoms with van der Waals surface area (Å²) in [6.45, 7) is 6.69. The van der Waals surface area contributed by atoms with Crippen molar-refractivity contribution in [2.75, 3.05) is 26.3 Å². The lowest BCUT2D eigenvalue weighted by atomic mass is 9.97. The minimum atomic E-state index is -0.167. The lowest BCUT2D eigenvalue weighted by Crippen LogP contribution is -2.43. The zero-order valence-electron chi connectivity index (χ0n) is 14.2. The third kappa shape index (κ3) is 2.62. The van der Waals surface area contributed by atoms with E-state index in [4.69, 9.17) is 13.9 Å². The number of amides is 1. The van der Waals surface area contributed by atoms with Crippen molar-refractivity contribution in [1.29, 1.82) is 0 Å². The van der Waals surface area contributed by atoms with Gasteiger partial charge in [-0.3, -0.25) is 4.79 Å². The Labute approximate surface area is 141 Å². The van der Waals surface area contributed by atoms with Crippen LogP contribution in [0.4, 0.5) is 0 Å². The van der Waals surface area contributed by atoms with E-state index in [0.717, 1.165) is 41.5 Å². The van der Waals surface area contributed by atoms with Gasteiger partial charge in [0, 0.05) is 30.0 Å². The van der Waals surface area contributed by atoms with E-state index in [1.807, 2.05) is 36.9 Å². The number of hydrogen-bond donors (Lipinski definition) is 0. The molecular formula is C19H23NO4. The fourth-order valence-corrected chi connectivity index (χ4v) is 3.80. The van der Waals surface area contributed by atoms with Crippen LogP contribution in [-0.2, 0) is 9.47 Å². The van der Waals surface area contributed by atoms with E-state index in [0.29, 0.717) is 25.5 Å². The minimum Gasteiger partial charge on any atom is -0.450 e. The molecule has 2 aromatic rings. The number of benzene rings is 1. The van der Waals surface area contributed by atoms with Crippen LogP contribution in [0.2, 0.25) is 0 Å². The number of carbonyl (C=O) groups excluding carboxylic acids is 1. The highest BCUT2D eigenvalue weighted by atomic mass is 16.7. The number of rotatable bonds is 2. The van der Waals surface area contributed by atoms with Crippen LogP contribution < -0.4 is 0 Å². The van der Waals surface area contributed by atoms with Crippen molar-refractivity contribution in [2.45, 2.75) is 33.0 Å². The van der Waals surface area contributed by atoms with Crippen LogP contribution in [0.3, 0.4) is 0 Å². The highest BCUT2D eigenvalue weighted by molar-refractivity contribution is 5.99. The summed E-state index contributed by atoms with van der Waals surface area (Å²) in [5.74, 6) is 0.690. The van der Waals surface area contributed by atoms with Gasteiger partial charge in [-0.2, -0.15) is 0 Å². The van der Waals surface area contributed by atoms with Gasteiger partial charge < -0.3 is 18.8 Å². The van der Waals surface area contributed by atoms with Crippen molar-refractivity contribution in [1.82, 2.24) is 4.90 Å². The zero-order chi connectivity index (χ0) is 16.7. The highest BCUT2D eigenvalue weighted by Crippen LogP contribution is 2.31. The predicted octanol–water partition coefficient (Wildman–Crippen LogP) is 3.27. The second kappa shape index (κ2) is 6.22. The van der Waals surface area contributed by atoms with Gasteiger partial charge >= 0.3 is 0 Å². The molecule has 2 aliphatic heterocycles. The molecule has 1 unspecified atom stereocenters. The largest absolute Gasteiger partial charge is 0.450 e. The Bertz CT molecular complexity index is 760. The smallest absolute Gasteiger partial charge is 0.289 e. The van der Waals surface area contributed by atoms with Gasteiger partial charge in [0.25, 0.3) is 5.91 Å². The number of para-hydroxylation sites is 1. The Hall–Kier alpha value is -1.85. The Balaban J connectivity index is 1.59. The summed E-state index contributed by atoms with van der Waals surface area (Å²) < 4.78 is 17.2. The van der Waals surface area contributed by atoms with Gasteiger partial charge in [0.05, 0.1) is 13.2 Å². The van der Waals surface area contributed by atoms with Gasteiger partial charge in [0.2, 0.25) is 0 Å². The summed E-state index contributed by atoms with van der Waals surface area (Å²) in [6, 6.07) is 6.02. The van der Waals surface area contributed by atoms with E-state index in [1.165, 1.54) is 0 Å². The normalized spacial score (nSPS) is 22.4. The molecule has 2 aliphatic rings. The summed E-state index contributed by atoms with van der Waals surface area (Å²) in [5.41, 5.74) is 2.79. The maximum Gasteiger partial charge on any atom is 0.289 e. The second-order valence-corrected chi connectivity index (χ2v) is 6.77. The van der Waals surface area contributed by atoms with Crippen molar-refractivity contribution >= 4 is 16.9 Å². The van der Waals surface area contributed by atoms with E-state index >= 15 is 0 Å². The molecule has 0 bridgehead atoms. The van der Waals surface area contributed by atoms with E-state index < -0.39 is 0 Å². The van der Waals surface area contributed by atoms with Gasteiger partial charge in [0.1, 0.15) is 5.58 Å². The number of likely N-dealkylation sites (tertiary alicyclic amines) is 1. The number of nitrogens with zero attached hydrogens (tertiary/aromatic N) is 1. The lowest BCUT2D eigenvalue weighted by Gasteiger charge is -2.34.